The van der Waals surface area contributed by atoms with E-state index >= 15 is 0 Å². The zero-order chi connectivity index (χ0) is 17.4. The van der Waals surface area contributed by atoms with E-state index in [-0.39, 0.29) is 5.91 Å². The standard InChI is InChI=1S/C10H21NO.4C2H6/c1-4-5-6-7-8-9-10(12)11(2)3;4*1-2/h4-9H2,1-3H3;4*1-2H3. The van der Waals surface area contributed by atoms with Crippen molar-refractivity contribution in [3.63, 3.8) is 0 Å². The Hall–Kier alpha value is -0.530. The summed E-state index contributed by atoms with van der Waals surface area (Å²) in [5.74, 6) is 0.256. The molecule has 0 aliphatic heterocycles. The highest BCUT2D eigenvalue weighted by Gasteiger charge is 2.01. The molecule has 0 N–H and O–H groups in total. The SMILES string of the molecule is CC.CC.CC.CC.CCCCCCCC(=O)N(C)C. The molecule has 0 radical (unpaired) electrons. The monoisotopic (exact) mass is 291 g/mol. The number of carbonyl (C=O) groups excluding carboxylic acids is 1. The van der Waals surface area contributed by atoms with Gasteiger partial charge in [0.1, 0.15) is 0 Å². The van der Waals surface area contributed by atoms with Crippen molar-refractivity contribution in [2.45, 2.75) is 101 Å². The molecule has 1 amide bonds. The lowest BCUT2D eigenvalue weighted by atomic mass is 10.1. The molecule has 0 aromatic carbocycles. The van der Waals surface area contributed by atoms with Gasteiger partial charge in [-0.3, -0.25) is 4.79 Å². The molecule has 0 aliphatic carbocycles. The van der Waals surface area contributed by atoms with E-state index in [1.165, 1.54) is 25.7 Å². The number of rotatable bonds is 6. The number of hydrogen-bond acceptors (Lipinski definition) is 1. The van der Waals surface area contributed by atoms with Gasteiger partial charge in [0.15, 0.2) is 0 Å². The summed E-state index contributed by atoms with van der Waals surface area (Å²) in [6.07, 6.45) is 6.82. The molecule has 0 saturated carbocycles. The Kier molecular flexibility index (Phi) is 68.0. The summed E-state index contributed by atoms with van der Waals surface area (Å²) in [5.41, 5.74) is 0. The Bertz CT molecular complexity index is 123. The molecule has 0 spiro atoms. The summed E-state index contributed by atoms with van der Waals surface area (Å²) in [6, 6.07) is 0. The number of hydrogen-bond donors (Lipinski definition) is 0. The van der Waals surface area contributed by atoms with Crippen LogP contribution in [0.4, 0.5) is 0 Å². The predicted octanol–water partition coefficient (Wildman–Crippen LogP) is 6.54. The lowest BCUT2D eigenvalue weighted by Crippen LogP contribution is -2.20. The number of nitrogens with zero attached hydrogens (tertiary/aromatic N) is 1. The third-order valence-electron chi connectivity index (χ3n) is 1.99. The summed E-state index contributed by atoms with van der Waals surface area (Å²) < 4.78 is 0. The van der Waals surface area contributed by atoms with Gasteiger partial charge in [-0.1, -0.05) is 88.0 Å². The molecule has 0 aromatic heterocycles. The minimum atomic E-state index is 0.256. The number of carbonyl (C=O) groups is 1. The lowest BCUT2D eigenvalue weighted by Gasteiger charge is -2.09. The smallest absolute Gasteiger partial charge is 0.222 e. The molecule has 0 bridgehead atoms. The molecular formula is C18H45NO. The van der Waals surface area contributed by atoms with Crippen molar-refractivity contribution < 1.29 is 4.79 Å². The third-order valence-corrected chi connectivity index (χ3v) is 1.99. The Morgan fingerprint density at radius 1 is 0.700 bits per heavy atom. The van der Waals surface area contributed by atoms with E-state index in [1.54, 1.807) is 4.90 Å². The van der Waals surface area contributed by atoms with Crippen LogP contribution in [-0.2, 0) is 4.79 Å². The Morgan fingerprint density at radius 2 is 1.05 bits per heavy atom. The van der Waals surface area contributed by atoms with E-state index in [0.717, 1.165) is 12.8 Å². The number of amides is 1. The van der Waals surface area contributed by atoms with Gasteiger partial charge in [-0.15, -0.1) is 0 Å². The normalized spacial score (nSPS) is 7.15. The molecule has 0 fully saturated rings. The molecule has 128 valence electrons. The summed E-state index contributed by atoms with van der Waals surface area (Å²) in [6.45, 7) is 18.2. The number of unbranched alkanes of at least 4 members (excludes halogenated alkanes) is 4. The maximum Gasteiger partial charge on any atom is 0.222 e. The maximum atomic E-state index is 11.1. The molecule has 0 atom stereocenters. The fourth-order valence-corrected chi connectivity index (χ4v) is 1.10. The van der Waals surface area contributed by atoms with Gasteiger partial charge >= 0.3 is 0 Å². The first-order chi connectivity index (χ1) is 9.68. The van der Waals surface area contributed by atoms with Gasteiger partial charge in [-0.2, -0.15) is 0 Å². The average Bonchev–Trinajstić information content (AvgIpc) is 2.54. The first-order valence-corrected chi connectivity index (χ1v) is 8.88. The van der Waals surface area contributed by atoms with Crippen molar-refractivity contribution in [1.29, 1.82) is 0 Å². The van der Waals surface area contributed by atoms with Crippen molar-refractivity contribution in [1.82, 2.24) is 4.90 Å². The van der Waals surface area contributed by atoms with Crippen molar-refractivity contribution in [3.8, 4) is 0 Å². The summed E-state index contributed by atoms with van der Waals surface area (Å²) >= 11 is 0. The van der Waals surface area contributed by atoms with Crippen LogP contribution in [0.1, 0.15) is 101 Å². The van der Waals surface area contributed by atoms with Crippen LogP contribution in [0.15, 0.2) is 0 Å². The minimum Gasteiger partial charge on any atom is -0.349 e. The van der Waals surface area contributed by atoms with Gasteiger partial charge in [0.05, 0.1) is 0 Å². The fourth-order valence-electron chi connectivity index (χ4n) is 1.10. The van der Waals surface area contributed by atoms with Crippen LogP contribution in [0, 0.1) is 0 Å². The quantitative estimate of drug-likeness (QED) is 0.509. The molecular weight excluding hydrogens is 246 g/mol. The van der Waals surface area contributed by atoms with Crippen molar-refractivity contribution >= 4 is 5.91 Å². The van der Waals surface area contributed by atoms with E-state index < -0.39 is 0 Å². The van der Waals surface area contributed by atoms with Gasteiger partial charge in [0, 0.05) is 20.5 Å². The van der Waals surface area contributed by atoms with Crippen molar-refractivity contribution in [3.05, 3.63) is 0 Å². The lowest BCUT2D eigenvalue weighted by molar-refractivity contribution is -0.128. The van der Waals surface area contributed by atoms with E-state index in [1.807, 2.05) is 69.5 Å². The van der Waals surface area contributed by atoms with Gasteiger partial charge in [0.2, 0.25) is 5.91 Å². The van der Waals surface area contributed by atoms with Crippen LogP contribution in [-0.4, -0.2) is 24.9 Å². The summed E-state index contributed by atoms with van der Waals surface area (Å²) in [5, 5.41) is 0. The summed E-state index contributed by atoms with van der Waals surface area (Å²) in [4.78, 5) is 12.8. The molecule has 0 rings (SSSR count). The topological polar surface area (TPSA) is 20.3 Å². The molecule has 0 heterocycles. The highest BCUT2D eigenvalue weighted by molar-refractivity contribution is 5.75. The van der Waals surface area contributed by atoms with Crippen LogP contribution in [0.2, 0.25) is 0 Å². The highest BCUT2D eigenvalue weighted by Crippen LogP contribution is 2.05. The van der Waals surface area contributed by atoms with E-state index in [0.29, 0.717) is 0 Å². The molecule has 0 unspecified atom stereocenters. The van der Waals surface area contributed by atoms with E-state index in [2.05, 4.69) is 6.92 Å². The predicted molar refractivity (Wildman–Crippen MR) is 97.5 cm³/mol. The van der Waals surface area contributed by atoms with Gasteiger partial charge < -0.3 is 4.90 Å². The molecule has 0 saturated heterocycles. The van der Waals surface area contributed by atoms with Crippen molar-refractivity contribution in [2.75, 3.05) is 14.1 Å². The second-order valence-corrected chi connectivity index (χ2v) is 3.45. The fraction of sp³-hybridized carbons (Fsp3) is 0.944. The third kappa shape index (κ3) is 43.2. The molecule has 0 aromatic rings. The molecule has 0 aliphatic rings. The van der Waals surface area contributed by atoms with Gasteiger partial charge in [-0.25, -0.2) is 0 Å². The summed E-state index contributed by atoms with van der Waals surface area (Å²) in [7, 11) is 3.63. The van der Waals surface area contributed by atoms with E-state index in [4.69, 9.17) is 0 Å². The van der Waals surface area contributed by atoms with Crippen LogP contribution < -0.4 is 0 Å². The molecule has 2 heteroatoms. The molecule has 2 nitrogen and oxygen atoms in total. The zero-order valence-electron chi connectivity index (χ0n) is 16.6. The van der Waals surface area contributed by atoms with Crippen LogP contribution in [0.5, 0.6) is 0 Å². The Morgan fingerprint density at radius 3 is 1.35 bits per heavy atom. The minimum absolute atomic E-state index is 0.256. The first kappa shape index (κ1) is 31.7. The second-order valence-electron chi connectivity index (χ2n) is 3.45. The maximum absolute atomic E-state index is 11.1. The Labute approximate surface area is 131 Å². The van der Waals surface area contributed by atoms with Gasteiger partial charge in [-0.05, 0) is 6.42 Å². The highest BCUT2D eigenvalue weighted by atomic mass is 16.2. The largest absolute Gasteiger partial charge is 0.349 e. The van der Waals surface area contributed by atoms with Crippen LogP contribution >= 0.6 is 0 Å². The van der Waals surface area contributed by atoms with Gasteiger partial charge in [0.25, 0.3) is 0 Å². The van der Waals surface area contributed by atoms with Crippen LogP contribution in [0.25, 0.3) is 0 Å². The first-order valence-electron chi connectivity index (χ1n) is 8.88. The van der Waals surface area contributed by atoms with E-state index in [9.17, 15) is 4.79 Å². The van der Waals surface area contributed by atoms with Crippen molar-refractivity contribution in [2.24, 2.45) is 0 Å². The molecule has 20 heavy (non-hydrogen) atoms. The Balaban J connectivity index is -0.0000000799. The zero-order valence-corrected chi connectivity index (χ0v) is 16.6. The average molecular weight is 292 g/mol. The van der Waals surface area contributed by atoms with Crippen LogP contribution in [0.3, 0.4) is 0 Å². The second kappa shape index (κ2) is 42.8.